The Morgan fingerprint density at radius 3 is 2.36 bits per heavy atom. The molecule has 1 N–H and O–H groups in total. The number of rotatable bonds is 13. The number of nitrogens with one attached hydrogen (secondary N) is 1. The first-order valence-corrected chi connectivity index (χ1v) is 11.0. The van der Waals surface area contributed by atoms with E-state index in [1.54, 1.807) is 25.3 Å². The number of methoxy groups -OCH3 is 1. The van der Waals surface area contributed by atoms with Crippen LogP contribution in [0.4, 0.5) is 17.6 Å². The van der Waals surface area contributed by atoms with Gasteiger partial charge < -0.3 is 33.4 Å². The number of carbonyl (C=O) groups is 1. The summed E-state index contributed by atoms with van der Waals surface area (Å²) in [7, 11) is 1.55. The zero-order valence-electron chi connectivity index (χ0n) is 19.1. The normalized spacial score (nSPS) is 13.4. The minimum atomic E-state index is -3.31. The molecule has 0 saturated heterocycles. The Morgan fingerprint density at radius 2 is 1.75 bits per heavy atom. The van der Waals surface area contributed by atoms with Crippen LogP contribution in [0, 0.1) is 0 Å². The van der Waals surface area contributed by atoms with Crippen LogP contribution in [0.1, 0.15) is 23.2 Å². The van der Waals surface area contributed by atoms with E-state index in [0.29, 0.717) is 48.3 Å². The van der Waals surface area contributed by atoms with Gasteiger partial charge in [0.15, 0.2) is 6.79 Å². The van der Waals surface area contributed by atoms with Gasteiger partial charge in [-0.15, -0.1) is 0 Å². The second kappa shape index (κ2) is 11.5. The fourth-order valence-corrected chi connectivity index (χ4v) is 3.47. The van der Waals surface area contributed by atoms with E-state index in [-0.39, 0.29) is 18.4 Å². The molecule has 0 bridgehead atoms. The van der Waals surface area contributed by atoms with Gasteiger partial charge in [0, 0.05) is 30.2 Å². The van der Waals surface area contributed by atoms with Crippen molar-refractivity contribution in [2.75, 3.05) is 27.1 Å². The summed E-state index contributed by atoms with van der Waals surface area (Å²) < 4.78 is 83.0. The molecule has 1 aromatic heterocycles. The number of alkyl halides is 4. The number of carbonyl (C=O) groups excluding carboxylic acids is 1. The van der Waals surface area contributed by atoms with E-state index < -0.39 is 36.2 Å². The van der Waals surface area contributed by atoms with Gasteiger partial charge in [-0.1, -0.05) is 0 Å². The summed E-state index contributed by atoms with van der Waals surface area (Å²) >= 11 is 0. The summed E-state index contributed by atoms with van der Waals surface area (Å²) in [4.78, 5) is 12.7. The van der Waals surface area contributed by atoms with Gasteiger partial charge in [-0.05, 0) is 42.7 Å². The molecule has 0 radical (unpaired) electrons. The maximum atomic E-state index is 13.2. The Hall–Kier alpha value is -3.51. The third kappa shape index (κ3) is 6.38. The molecule has 2 aromatic carbocycles. The Morgan fingerprint density at radius 1 is 1.06 bits per heavy atom. The van der Waals surface area contributed by atoms with Crippen molar-refractivity contribution >= 4 is 16.9 Å². The summed E-state index contributed by atoms with van der Waals surface area (Å²) in [5.74, 6) is -1.60. The van der Waals surface area contributed by atoms with Crippen molar-refractivity contribution in [3.8, 4) is 28.4 Å². The number of ether oxygens (including phenoxy) is 5. The van der Waals surface area contributed by atoms with Crippen molar-refractivity contribution in [1.29, 1.82) is 0 Å². The topological polar surface area (TPSA) is 88.4 Å². The average Bonchev–Trinajstić information content (AvgIpc) is 3.53. The zero-order chi connectivity index (χ0) is 25.7. The minimum Gasteiger partial charge on any atom is -0.467 e. The monoisotopic (exact) mass is 513 g/mol. The molecule has 3 aromatic rings. The molecule has 12 heteroatoms. The van der Waals surface area contributed by atoms with Gasteiger partial charge in [-0.25, -0.2) is 0 Å². The first-order valence-electron chi connectivity index (χ1n) is 11.0. The molecule has 36 heavy (non-hydrogen) atoms. The Bertz CT molecular complexity index is 1170. The Balaban J connectivity index is 1.67. The molecule has 1 fully saturated rings. The maximum Gasteiger partial charge on any atom is 0.387 e. The van der Waals surface area contributed by atoms with Gasteiger partial charge in [0.05, 0.1) is 19.5 Å². The number of hydrogen-bond donors (Lipinski definition) is 1. The minimum absolute atomic E-state index is 0.0184. The highest BCUT2D eigenvalue weighted by Crippen LogP contribution is 2.40. The van der Waals surface area contributed by atoms with Crippen LogP contribution in [-0.4, -0.2) is 52.3 Å². The Labute approximate surface area is 203 Å². The van der Waals surface area contributed by atoms with Crippen LogP contribution in [0.15, 0.2) is 41.0 Å². The zero-order valence-corrected chi connectivity index (χ0v) is 19.1. The lowest BCUT2D eigenvalue weighted by Gasteiger charge is -2.17. The van der Waals surface area contributed by atoms with Gasteiger partial charge in [0.1, 0.15) is 28.4 Å². The van der Waals surface area contributed by atoms with Crippen molar-refractivity contribution in [3.05, 3.63) is 42.2 Å². The number of fused-ring (bicyclic) bond motifs is 1. The van der Waals surface area contributed by atoms with Gasteiger partial charge in [0.25, 0.3) is 5.91 Å². The molecule has 194 valence electrons. The maximum absolute atomic E-state index is 13.2. The summed E-state index contributed by atoms with van der Waals surface area (Å²) in [6.45, 7) is -5.86. The van der Waals surface area contributed by atoms with Crippen LogP contribution >= 0.6 is 0 Å². The van der Waals surface area contributed by atoms with Gasteiger partial charge in [-0.3, -0.25) is 4.79 Å². The van der Waals surface area contributed by atoms with Gasteiger partial charge in [-0.2, -0.15) is 17.6 Å². The molecule has 1 aliphatic carbocycles. The van der Waals surface area contributed by atoms with Crippen molar-refractivity contribution in [1.82, 2.24) is 5.32 Å². The predicted octanol–water partition coefficient (Wildman–Crippen LogP) is 5.19. The second-order valence-corrected chi connectivity index (χ2v) is 7.82. The quantitative estimate of drug-likeness (QED) is 0.191. The summed E-state index contributed by atoms with van der Waals surface area (Å²) in [6, 6.07) is 7.02. The lowest BCUT2D eigenvalue weighted by molar-refractivity contribution is -0.0548. The molecule has 0 unspecified atom stereocenters. The fourth-order valence-electron chi connectivity index (χ4n) is 3.47. The molecule has 1 aliphatic rings. The summed E-state index contributed by atoms with van der Waals surface area (Å²) in [5.41, 5.74) is 0.380. The number of halogens is 4. The SMILES string of the molecule is COCCOCOc1ccc2c(-c3cc(OC(F)F)c(C(=O)NC4CC4)c(OC(F)F)c3)coc2c1. The lowest BCUT2D eigenvalue weighted by Crippen LogP contribution is -2.27. The molecule has 0 atom stereocenters. The molecule has 1 heterocycles. The van der Waals surface area contributed by atoms with Crippen molar-refractivity contribution in [3.63, 3.8) is 0 Å². The van der Waals surface area contributed by atoms with Crippen LogP contribution in [-0.2, 0) is 9.47 Å². The fraction of sp³-hybridized carbons (Fsp3) is 0.375. The smallest absolute Gasteiger partial charge is 0.387 e. The van der Waals surface area contributed by atoms with E-state index in [9.17, 15) is 22.4 Å². The summed E-state index contributed by atoms with van der Waals surface area (Å²) in [6.07, 6.45) is 2.72. The van der Waals surface area contributed by atoms with Crippen LogP contribution in [0.25, 0.3) is 22.1 Å². The molecule has 1 amide bonds. The number of hydrogen-bond acceptors (Lipinski definition) is 7. The molecule has 0 spiro atoms. The molecule has 0 aliphatic heterocycles. The lowest BCUT2D eigenvalue weighted by atomic mass is 10.0. The third-order valence-corrected chi connectivity index (χ3v) is 5.24. The third-order valence-electron chi connectivity index (χ3n) is 5.24. The second-order valence-electron chi connectivity index (χ2n) is 7.82. The molecule has 1 saturated carbocycles. The highest BCUT2D eigenvalue weighted by Gasteiger charge is 2.30. The average molecular weight is 513 g/mol. The number of furan rings is 1. The van der Waals surface area contributed by atoms with E-state index in [1.165, 1.54) is 6.26 Å². The van der Waals surface area contributed by atoms with Gasteiger partial charge >= 0.3 is 13.2 Å². The van der Waals surface area contributed by atoms with Crippen LogP contribution in [0.3, 0.4) is 0 Å². The first-order chi connectivity index (χ1) is 17.4. The number of amides is 1. The van der Waals surface area contributed by atoms with Gasteiger partial charge in [0.2, 0.25) is 0 Å². The van der Waals surface area contributed by atoms with E-state index >= 15 is 0 Å². The van der Waals surface area contributed by atoms with Crippen LogP contribution in [0.2, 0.25) is 0 Å². The highest BCUT2D eigenvalue weighted by molar-refractivity contribution is 6.02. The van der Waals surface area contributed by atoms with Crippen molar-refractivity contribution in [2.45, 2.75) is 32.1 Å². The molecule has 4 rings (SSSR count). The highest BCUT2D eigenvalue weighted by atomic mass is 19.3. The van der Waals surface area contributed by atoms with E-state index in [4.69, 9.17) is 18.6 Å². The molecule has 8 nitrogen and oxygen atoms in total. The van der Waals surface area contributed by atoms with E-state index in [1.807, 2.05) is 0 Å². The van der Waals surface area contributed by atoms with Crippen LogP contribution in [0.5, 0.6) is 17.2 Å². The van der Waals surface area contributed by atoms with E-state index in [2.05, 4.69) is 14.8 Å². The standard InChI is InChI=1S/C24H23F4NO7/c1-31-6-7-32-12-34-15-4-5-16-17(11-33-18(16)10-15)13-8-19(35-23(25)26)21(20(9-13)36-24(27)28)22(30)29-14-2-3-14/h4-5,8-11,14,23-24H,2-3,6-7,12H2,1H3,(H,29,30). The molecular formula is C24H23F4NO7. The van der Waals surface area contributed by atoms with E-state index in [0.717, 1.165) is 12.1 Å². The predicted molar refractivity (Wildman–Crippen MR) is 119 cm³/mol. The molecular weight excluding hydrogens is 490 g/mol. The largest absolute Gasteiger partial charge is 0.467 e. The number of benzene rings is 2. The van der Waals surface area contributed by atoms with Crippen molar-refractivity contribution < 1.29 is 50.5 Å². The first kappa shape index (κ1) is 25.6. The summed E-state index contributed by atoms with van der Waals surface area (Å²) in [5, 5.41) is 3.11. The van der Waals surface area contributed by atoms with Crippen molar-refractivity contribution in [2.24, 2.45) is 0 Å². The Kier molecular flexibility index (Phi) is 8.16. The van der Waals surface area contributed by atoms with Crippen LogP contribution < -0.4 is 19.5 Å².